The fourth-order valence-corrected chi connectivity index (χ4v) is 3.96. The molecule has 140 valence electrons. The number of hydrogen-bond acceptors (Lipinski definition) is 3. The second kappa shape index (κ2) is 9.20. The quantitative estimate of drug-likeness (QED) is 0.786. The molecule has 0 saturated carbocycles. The molecule has 0 aromatic heterocycles. The van der Waals surface area contributed by atoms with Crippen LogP contribution in [0.1, 0.15) is 48.1 Å². The van der Waals surface area contributed by atoms with Gasteiger partial charge in [-0.15, -0.1) is 0 Å². The molecule has 1 fully saturated rings. The zero-order valence-electron chi connectivity index (χ0n) is 16.4. The molecule has 3 nitrogen and oxygen atoms in total. The first-order valence-electron chi connectivity index (χ1n) is 9.91. The number of nitrogens with zero attached hydrogens (tertiary/aromatic N) is 1. The van der Waals surface area contributed by atoms with Crippen LogP contribution in [0.3, 0.4) is 0 Å². The van der Waals surface area contributed by atoms with Crippen molar-refractivity contribution in [3.8, 4) is 5.75 Å². The van der Waals surface area contributed by atoms with Crippen molar-refractivity contribution < 1.29 is 4.74 Å². The first-order chi connectivity index (χ1) is 12.7. The van der Waals surface area contributed by atoms with E-state index in [-0.39, 0.29) is 0 Å². The lowest BCUT2D eigenvalue weighted by Gasteiger charge is -2.35. The average Bonchev–Trinajstić information content (AvgIpc) is 2.67. The van der Waals surface area contributed by atoms with Gasteiger partial charge >= 0.3 is 0 Å². The van der Waals surface area contributed by atoms with E-state index in [4.69, 9.17) is 4.74 Å². The molecule has 0 radical (unpaired) electrons. The molecule has 0 amide bonds. The number of piperazine rings is 1. The van der Waals surface area contributed by atoms with Crippen LogP contribution in [0.15, 0.2) is 42.5 Å². The van der Waals surface area contributed by atoms with Crippen LogP contribution in [-0.4, -0.2) is 31.1 Å². The van der Waals surface area contributed by atoms with Gasteiger partial charge in [-0.05, 0) is 42.5 Å². The van der Waals surface area contributed by atoms with Gasteiger partial charge in [0.15, 0.2) is 0 Å². The van der Waals surface area contributed by atoms with Crippen LogP contribution in [0.5, 0.6) is 5.75 Å². The summed E-state index contributed by atoms with van der Waals surface area (Å²) in [5.74, 6) is 1.04. The molecule has 0 unspecified atom stereocenters. The van der Waals surface area contributed by atoms with Crippen LogP contribution in [-0.2, 0) is 6.61 Å². The zero-order valence-corrected chi connectivity index (χ0v) is 16.4. The Bertz CT molecular complexity index is 670. The molecule has 1 heterocycles. The maximum atomic E-state index is 6.17. The summed E-state index contributed by atoms with van der Waals surface area (Å²) in [5, 5.41) is 3.47. The summed E-state index contributed by atoms with van der Waals surface area (Å²) in [4.78, 5) is 2.64. The smallest absolute Gasteiger partial charge is 0.125 e. The molecule has 0 spiro atoms. The van der Waals surface area contributed by atoms with Gasteiger partial charge in [0.25, 0.3) is 0 Å². The van der Waals surface area contributed by atoms with E-state index in [1.807, 2.05) is 6.07 Å². The third-order valence-electron chi connectivity index (χ3n) is 5.25. The normalized spacial score (nSPS) is 16.4. The van der Waals surface area contributed by atoms with Gasteiger partial charge < -0.3 is 10.1 Å². The average molecular weight is 353 g/mol. The third kappa shape index (κ3) is 4.66. The summed E-state index contributed by atoms with van der Waals surface area (Å²) >= 11 is 0. The van der Waals surface area contributed by atoms with Crippen molar-refractivity contribution in [1.29, 1.82) is 0 Å². The Hall–Kier alpha value is -1.84. The van der Waals surface area contributed by atoms with Crippen molar-refractivity contribution in [2.45, 2.75) is 46.3 Å². The standard InChI is InChI=1S/C23H32N2O/c1-4-8-22(25-13-11-24-12-14-25)21-15-18(2)23(19(3)16-21)26-17-20-9-6-5-7-10-20/h5-7,9-10,15-16,22,24H,4,8,11-14,17H2,1-3H3/t22-/m1/s1. The Morgan fingerprint density at radius 3 is 2.31 bits per heavy atom. The number of benzene rings is 2. The summed E-state index contributed by atoms with van der Waals surface area (Å²) in [6.07, 6.45) is 2.42. The van der Waals surface area contributed by atoms with Crippen LogP contribution in [0.25, 0.3) is 0 Å². The molecule has 1 aliphatic heterocycles. The fraction of sp³-hybridized carbons (Fsp3) is 0.478. The monoisotopic (exact) mass is 352 g/mol. The maximum absolute atomic E-state index is 6.17. The highest BCUT2D eigenvalue weighted by Crippen LogP contribution is 2.32. The molecule has 2 aromatic rings. The summed E-state index contributed by atoms with van der Waals surface area (Å²) < 4.78 is 6.17. The van der Waals surface area contributed by atoms with Gasteiger partial charge in [-0.1, -0.05) is 55.8 Å². The molecule has 1 aliphatic rings. The van der Waals surface area contributed by atoms with E-state index in [0.717, 1.165) is 31.9 Å². The molecular formula is C23H32N2O. The molecule has 1 atom stereocenters. The first kappa shape index (κ1) is 18.9. The lowest BCUT2D eigenvalue weighted by Crippen LogP contribution is -2.45. The summed E-state index contributed by atoms with van der Waals surface area (Å²) in [6.45, 7) is 11.7. The first-order valence-corrected chi connectivity index (χ1v) is 9.91. The molecule has 0 bridgehead atoms. The van der Waals surface area contributed by atoms with E-state index >= 15 is 0 Å². The molecule has 2 aromatic carbocycles. The molecule has 0 aliphatic carbocycles. The fourth-order valence-electron chi connectivity index (χ4n) is 3.96. The molecule has 1 saturated heterocycles. The number of aryl methyl sites for hydroxylation is 2. The number of nitrogens with one attached hydrogen (secondary N) is 1. The van der Waals surface area contributed by atoms with Gasteiger partial charge in [-0.25, -0.2) is 0 Å². The topological polar surface area (TPSA) is 24.5 Å². The summed E-state index contributed by atoms with van der Waals surface area (Å²) in [7, 11) is 0. The second-order valence-electron chi connectivity index (χ2n) is 7.35. The van der Waals surface area contributed by atoms with Crippen LogP contribution in [0.2, 0.25) is 0 Å². The van der Waals surface area contributed by atoms with Gasteiger partial charge in [-0.2, -0.15) is 0 Å². The minimum absolute atomic E-state index is 0.516. The van der Waals surface area contributed by atoms with Crippen molar-refractivity contribution in [2.75, 3.05) is 26.2 Å². The summed E-state index contributed by atoms with van der Waals surface area (Å²) in [5.41, 5.74) is 5.13. The number of rotatable bonds is 7. The van der Waals surface area contributed by atoms with Crippen molar-refractivity contribution in [2.24, 2.45) is 0 Å². The van der Waals surface area contributed by atoms with Gasteiger partial charge in [0.2, 0.25) is 0 Å². The molecule has 3 heteroatoms. The Kier molecular flexibility index (Phi) is 6.70. The van der Waals surface area contributed by atoms with Crippen LogP contribution < -0.4 is 10.1 Å². The van der Waals surface area contributed by atoms with Crippen molar-refractivity contribution in [1.82, 2.24) is 10.2 Å². The van der Waals surface area contributed by atoms with Crippen molar-refractivity contribution >= 4 is 0 Å². The molecule has 1 N–H and O–H groups in total. The lowest BCUT2D eigenvalue weighted by atomic mass is 9.95. The SMILES string of the molecule is CCC[C@H](c1cc(C)c(OCc2ccccc2)c(C)c1)N1CCNCC1. The van der Waals surface area contributed by atoms with E-state index < -0.39 is 0 Å². The van der Waals surface area contributed by atoms with E-state index in [1.165, 1.54) is 35.1 Å². The second-order valence-corrected chi connectivity index (χ2v) is 7.35. The Morgan fingerprint density at radius 2 is 1.69 bits per heavy atom. The number of ether oxygens (including phenoxy) is 1. The molecule has 26 heavy (non-hydrogen) atoms. The van der Waals surface area contributed by atoms with E-state index in [0.29, 0.717) is 12.6 Å². The van der Waals surface area contributed by atoms with Gasteiger partial charge in [0.1, 0.15) is 12.4 Å². The van der Waals surface area contributed by atoms with Crippen LogP contribution in [0.4, 0.5) is 0 Å². The number of hydrogen-bond donors (Lipinski definition) is 1. The van der Waals surface area contributed by atoms with Crippen LogP contribution in [0, 0.1) is 13.8 Å². The minimum Gasteiger partial charge on any atom is -0.488 e. The van der Waals surface area contributed by atoms with Crippen molar-refractivity contribution in [3.05, 3.63) is 64.7 Å². The van der Waals surface area contributed by atoms with Crippen LogP contribution >= 0.6 is 0 Å². The lowest BCUT2D eigenvalue weighted by molar-refractivity contribution is 0.164. The predicted molar refractivity (Wildman–Crippen MR) is 109 cm³/mol. The van der Waals surface area contributed by atoms with Gasteiger partial charge in [0, 0.05) is 32.2 Å². The largest absolute Gasteiger partial charge is 0.488 e. The highest BCUT2D eigenvalue weighted by molar-refractivity contribution is 5.44. The summed E-state index contributed by atoms with van der Waals surface area (Å²) in [6, 6.07) is 15.6. The molecular weight excluding hydrogens is 320 g/mol. The van der Waals surface area contributed by atoms with Crippen molar-refractivity contribution in [3.63, 3.8) is 0 Å². The van der Waals surface area contributed by atoms with Gasteiger partial charge in [-0.3, -0.25) is 4.90 Å². The van der Waals surface area contributed by atoms with Gasteiger partial charge in [0.05, 0.1) is 0 Å². The van der Waals surface area contributed by atoms with E-state index in [9.17, 15) is 0 Å². The minimum atomic E-state index is 0.516. The van der Waals surface area contributed by atoms with E-state index in [2.05, 4.69) is 67.4 Å². The maximum Gasteiger partial charge on any atom is 0.125 e. The highest BCUT2D eigenvalue weighted by Gasteiger charge is 2.22. The van der Waals surface area contributed by atoms with E-state index in [1.54, 1.807) is 0 Å². The predicted octanol–water partition coefficient (Wildman–Crippen LogP) is 4.63. The third-order valence-corrected chi connectivity index (χ3v) is 5.25. The highest BCUT2D eigenvalue weighted by atomic mass is 16.5. The molecule has 3 rings (SSSR count). The zero-order chi connectivity index (χ0) is 18.4. The Morgan fingerprint density at radius 1 is 1.04 bits per heavy atom. The Labute approximate surface area is 158 Å². The Balaban J connectivity index is 1.78.